The van der Waals surface area contributed by atoms with Crippen molar-refractivity contribution in [1.29, 1.82) is 0 Å². The van der Waals surface area contributed by atoms with Crippen molar-refractivity contribution in [1.82, 2.24) is 10.2 Å². The van der Waals surface area contributed by atoms with E-state index >= 15 is 0 Å². The van der Waals surface area contributed by atoms with Crippen molar-refractivity contribution < 1.29 is 18.0 Å². The van der Waals surface area contributed by atoms with E-state index in [0.717, 1.165) is 35.6 Å². The molecule has 4 aromatic rings. The molecule has 5 rings (SSSR count). The first-order chi connectivity index (χ1) is 22.5. The van der Waals surface area contributed by atoms with E-state index in [-0.39, 0.29) is 45.5 Å². The molecule has 0 bridgehead atoms. The van der Waals surface area contributed by atoms with Gasteiger partial charge in [0.05, 0.1) is 15.6 Å². The van der Waals surface area contributed by atoms with Crippen molar-refractivity contribution in [3.8, 4) is 0 Å². The van der Waals surface area contributed by atoms with E-state index in [1.165, 1.54) is 35.2 Å². The Balaban J connectivity index is 1.60. The molecule has 0 unspecified atom stereocenters. The van der Waals surface area contributed by atoms with Crippen LogP contribution in [-0.4, -0.2) is 43.8 Å². The summed E-state index contributed by atoms with van der Waals surface area (Å²) in [5.74, 6) is -0.980. The van der Waals surface area contributed by atoms with Crippen LogP contribution in [0.25, 0.3) is 0 Å². The van der Waals surface area contributed by atoms with Gasteiger partial charge in [-0.1, -0.05) is 114 Å². The molecule has 1 fully saturated rings. The highest BCUT2D eigenvalue weighted by molar-refractivity contribution is 7.92. The summed E-state index contributed by atoms with van der Waals surface area (Å²) in [6.07, 6.45) is 3.88. The summed E-state index contributed by atoms with van der Waals surface area (Å²) in [4.78, 5) is 30.1. The molecule has 1 saturated carbocycles. The van der Waals surface area contributed by atoms with Crippen molar-refractivity contribution in [2.75, 3.05) is 10.8 Å². The SMILES string of the molecule is O=C(NC1CCCC1)[C@@H](Cc1ccccc1)N(Cc1ccc(Cl)cc1Cl)C(=O)CN(c1cc(Cl)ccc1Cl)S(=O)(=O)c1ccccc1. The molecule has 1 aliphatic carbocycles. The quantitative estimate of drug-likeness (QED) is 0.159. The maximum atomic E-state index is 14.7. The normalized spacial score (nSPS) is 14.0. The minimum atomic E-state index is -4.33. The fraction of sp³-hybridized carbons (Fsp3) is 0.257. The number of anilines is 1. The topological polar surface area (TPSA) is 86.8 Å². The van der Waals surface area contributed by atoms with E-state index < -0.39 is 28.5 Å². The zero-order chi connectivity index (χ0) is 33.6. The molecule has 1 atom stereocenters. The molecule has 7 nitrogen and oxygen atoms in total. The van der Waals surface area contributed by atoms with Gasteiger partial charge >= 0.3 is 0 Å². The van der Waals surface area contributed by atoms with Gasteiger partial charge in [0.25, 0.3) is 10.0 Å². The van der Waals surface area contributed by atoms with Gasteiger partial charge in [-0.15, -0.1) is 0 Å². The Morgan fingerprint density at radius 1 is 0.787 bits per heavy atom. The lowest BCUT2D eigenvalue weighted by Gasteiger charge is -2.34. The van der Waals surface area contributed by atoms with Gasteiger partial charge in [0, 0.05) is 34.1 Å². The zero-order valence-electron chi connectivity index (χ0n) is 25.3. The second kappa shape index (κ2) is 15.8. The Hall–Kier alpha value is -3.27. The summed E-state index contributed by atoms with van der Waals surface area (Å²) >= 11 is 25.6. The van der Waals surface area contributed by atoms with Crippen LogP contribution in [0.5, 0.6) is 0 Å². The van der Waals surface area contributed by atoms with E-state index in [9.17, 15) is 18.0 Å². The Morgan fingerprint density at radius 3 is 2.06 bits per heavy atom. The number of carbonyl (C=O) groups excluding carboxylic acids is 2. The molecule has 0 saturated heterocycles. The third-order valence-electron chi connectivity index (χ3n) is 8.12. The van der Waals surface area contributed by atoms with E-state index in [1.54, 1.807) is 36.4 Å². The second-order valence-electron chi connectivity index (χ2n) is 11.4. The van der Waals surface area contributed by atoms with E-state index in [1.807, 2.05) is 30.3 Å². The summed E-state index contributed by atoms with van der Waals surface area (Å²) < 4.78 is 29.3. The van der Waals surface area contributed by atoms with Crippen molar-refractivity contribution in [3.05, 3.63) is 128 Å². The lowest BCUT2D eigenvalue weighted by Crippen LogP contribution is -2.54. The highest BCUT2D eigenvalue weighted by Crippen LogP contribution is 2.34. The average Bonchev–Trinajstić information content (AvgIpc) is 3.57. The molecule has 4 aromatic carbocycles. The second-order valence-corrected chi connectivity index (χ2v) is 14.9. The zero-order valence-corrected chi connectivity index (χ0v) is 29.1. The van der Waals surface area contributed by atoms with Crippen LogP contribution < -0.4 is 9.62 Å². The number of benzene rings is 4. The summed E-state index contributed by atoms with van der Waals surface area (Å²) in [5, 5.41) is 4.16. The fourth-order valence-electron chi connectivity index (χ4n) is 5.66. The molecule has 0 heterocycles. The predicted octanol–water partition coefficient (Wildman–Crippen LogP) is 8.19. The number of nitrogens with one attached hydrogen (secondary N) is 1. The summed E-state index contributed by atoms with van der Waals surface area (Å²) in [6, 6.07) is 25.3. The lowest BCUT2D eigenvalue weighted by atomic mass is 10.0. The number of nitrogens with zero attached hydrogens (tertiary/aromatic N) is 2. The third-order valence-corrected chi connectivity index (χ3v) is 11.0. The number of hydrogen-bond acceptors (Lipinski definition) is 4. The minimum absolute atomic E-state index is 0.0166. The Labute approximate surface area is 295 Å². The molecule has 12 heteroatoms. The van der Waals surface area contributed by atoms with Crippen LogP contribution in [0.15, 0.2) is 102 Å². The molecule has 0 aliphatic heterocycles. The molecular weight excluding hydrogens is 700 g/mol. The number of rotatable bonds is 12. The van der Waals surface area contributed by atoms with Crippen molar-refractivity contribution >= 4 is 73.9 Å². The molecule has 47 heavy (non-hydrogen) atoms. The van der Waals surface area contributed by atoms with Gasteiger partial charge in [-0.3, -0.25) is 13.9 Å². The van der Waals surface area contributed by atoms with Crippen molar-refractivity contribution in [2.45, 2.75) is 55.6 Å². The third kappa shape index (κ3) is 8.80. The lowest BCUT2D eigenvalue weighted by molar-refractivity contribution is -0.140. The van der Waals surface area contributed by atoms with E-state index in [2.05, 4.69) is 5.32 Å². The maximum absolute atomic E-state index is 14.7. The van der Waals surface area contributed by atoms with Crippen LogP contribution in [0.2, 0.25) is 20.1 Å². The van der Waals surface area contributed by atoms with E-state index in [0.29, 0.717) is 15.6 Å². The van der Waals surface area contributed by atoms with Crippen LogP contribution in [-0.2, 0) is 32.6 Å². The largest absolute Gasteiger partial charge is 0.352 e. The predicted molar refractivity (Wildman–Crippen MR) is 189 cm³/mol. The number of halogens is 4. The van der Waals surface area contributed by atoms with Crippen molar-refractivity contribution in [3.63, 3.8) is 0 Å². The summed E-state index contributed by atoms with van der Waals surface area (Å²) in [7, 11) is -4.33. The Kier molecular flexibility index (Phi) is 11.7. The molecule has 0 spiro atoms. The van der Waals surface area contributed by atoms with Gasteiger partial charge in [-0.05, 0) is 66.4 Å². The standard InChI is InChI=1S/C35H33Cl4N3O4S/c36-26-16-15-25(31(39)20-26)22-41(33(19-24-9-3-1-4-10-24)35(44)40-28-11-7-8-12-28)34(43)23-42(32-21-27(37)17-18-30(32)38)47(45,46)29-13-5-2-6-14-29/h1-6,9-10,13-18,20-21,28,33H,7-8,11-12,19,22-23H2,(H,40,44)/t33-/m1/s1. The Bertz CT molecular complexity index is 1820. The highest BCUT2D eigenvalue weighted by Gasteiger charge is 2.36. The molecule has 246 valence electrons. The Morgan fingerprint density at radius 2 is 1.40 bits per heavy atom. The van der Waals surface area contributed by atoms with Gasteiger partial charge < -0.3 is 10.2 Å². The highest BCUT2D eigenvalue weighted by atomic mass is 35.5. The first kappa shape index (κ1) is 35.0. The average molecular weight is 734 g/mol. The fourth-order valence-corrected chi connectivity index (χ4v) is 8.02. The summed E-state index contributed by atoms with van der Waals surface area (Å²) in [6.45, 7) is -0.766. The number of carbonyl (C=O) groups is 2. The molecule has 0 radical (unpaired) electrons. The monoisotopic (exact) mass is 731 g/mol. The molecule has 1 aliphatic rings. The number of hydrogen-bond donors (Lipinski definition) is 1. The van der Waals surface area contributed by atoms with Crippen LogP contribution in [0, 0.1) is 0 Å². The number of sulfonamides is 1. The van der Waals surface area contributed by atoms with Gasteiger partial charge in [0.1, 0.15) is 12.6 Å². The van der Waals surface area contributed by atoms with Gasteiger partial charge in [-0.2, -0.15) is 0 Å². The van der Waals surface area contributed by atoms with Gasteiger partial charge in [-0.25, -0.2) is 8.42 Å². The first-order valence-electron chi connectivity index (χ1n) is 15.1. The maximum Gasteiger partial charge on any atom is 0.264 e. The van der Waals surface area contributed by atoms with Crippen LogP contribution in [0.1, 0.15) is 36.8 Å². The van der Waals surface area contributed by atoms with Crippen molar-refractivity contribution in [2.24, 2.45) is 0 Å². The molecular formula is C35H33Cl4N3O4S. The molecule has 1 N–H and O–H groups in total. The van der Waals surface area contributed by atoms with Crippen LogP contribution in [0.3, 0.4) is 0 Å². The van der Waals surface area contributed by atoms with Gasteiger partial charge in [0.2, 0.25) is 11.8 Å². The minimum Gasteiger partial charge on any atom is -0.352 e. The number of amides is 2. The molecule has 0 aromatic heterocycles. The van der Waals surface area contributed by atoms with Crippen LogP contribution in [0.4, 0.5) is 5.69 Å². The van der Waals surface area contributed by atoms with Crippen LogP contribution >= 0.6 is 46.4 Å². The first-order valence-corrected chi connectivity index (χ1v) is 18.1. The molecule has 2 amide bonds. The van der Waals surface area contributed by atoms with E-state index in [4.69, 9.17) is 46.4 Å². The summed E-state index contributed by atoms with van der Waals surface area (Å²) in [5.41, 5.74) is 1.39. The smallest absolute Gasteiger partial charge is 0.264 e. The van der Waals surface area contributed by atoms with Gasteiger partial charge in [0.15, 0.2) is 0 Å².